The van der Waals surface area contributed by atoms with Crippen molar-refractivity contribution in [3.8, 4) is 11.4 Å². The van der Waals surface area contributed by atoms with E-state index >= 15 is 0 Å². The molecule has 0 spiro atoms. The Bertz CT molecular complexity index is 1210. The summed E-state index contributed by atoms with van der Waals surface area (Å²) < 4.78 is 46.8. The molecular weight excluding hydrogens is 441 g/mol. The quantitative estimate of drug-likeness (QED) is 0.496. The summed E-state index contributed by atoms with van der Waals surface area (Å²) in [6.07, 6.45) is 2.27. The summed E-state index contributed by atoms with van der Waals surface area (Å²) in [7, 11) is 0. The van der Waals surface area contributed by atoms with Crippen LogP contribution in [0.25, 0.3) is 5.69 Å². The van der Waals surface area contributed by atoms with Crippen molar-refractivity contribution < 1.29 is 23.0 Å². The number of fused-ring (bicyclic) bond motifs is 1. The Labute approximate surface area is 187 Å². The molecule has 0 aliphatic heterocycles. The van der Waals surface area contributed by atoms with Gasteiger partial charge in [-0.25, -0.2) is 4.68 Å². The Morgan fingerprint density at radius 3 is 2.62 bits per heavy atom. The van der Waals surface area contributed by atoms with Gasteiger partial charge in [0.1, 0.15) is 23.8 Å². The lowest BCUT2D eigenvalue weighted by atomic mass is 9.90. The molecule has 3 aromatic rings. The highest BCUT2D eigenvalue weighted by Crippen LogP contribution is 2.58. The van der Waals surface area contributed by atoms with Crippen LogP contribution in [0, 0.1) is 5.92 Å². The van der Waals surface area contributed by atoms with Crippen LogP contribution in [0.4, 0.5) is 13.2 Å². The van der Waals surface area contributed by atoms with Gasteiger partial charge in [0.05, 0.1) is 10.7 Å². The fourth-order valence-electron chi connectivity index (χ4n) is 4.19. The second kappa shape index (κ2) is 7.45. The molecule has 0 amide bonds. The third-order valence-electron chi connectivity index (χ3n) is 5.92. The van der Waals surface area contributed by atoms with Gasteiger partial charge < -0.3 is 9.84 Å². The molecule has 1 N–H and O–H groups in total. The highest BCUT2D eigenvalue weighted by Gasteiger charge is 2.53. The maximum atomic E-state index is 13.3. The van der Waals surface area contributed by atoms with E-state index in [1.807, 2.05) is 30.4 Å². The normalized spacial score (nSPS) is 21.8. The van der Waals surface area contributed by atoms with Gasteiger partial charge in [-0.15, -0.1) is 0 Å². The average molecular weight is 459 g/mol. The summed E-state index contributed by atoms with van der Waals surface area (Å²) in [5.74, 6) is 0.592. The maximum absolute atomic E-state index is 13.3. The van der Waals surface area contributed by atoms with E-state index in [0.717, 1.165) is 17.2 Å². The van der Waals surface area contributed by atoms with E-state index in [-0.39, 0.29) is 40.1 Å². The van der Waals surface area contributed by atoms with E-state index in [9.17, 15) is 18.3 Å². The molecule has 5 rings (SSSR count). The van der Waals surface area contributed by atoms with E-state index in [1.54, 1.807) is 0 Å². The van der Waals surface area contributed by atoms with Gasteiger partial charge in [-0.1, -0.05) is 54.1 Å². The molecule has 1 heterocycles. The Balaban J connectivity index is 1.40. The molecule has 4 nitrogen and oxygen atoms in total. The van der Waals surface area contributed by atoms with Crippen molar-refractivity contribution in [3.05, 3.63) is 101 Å². The van der Waals surface area contributed by atoms with Crippen molar-refractivity contribution in [2.75, 3.05) is 0 Å². The Morgan fingerprint density at radius 2 is 1.94 bits per heavy atom. The van der Waals surface area contributed by atoms with E-state index in [4.69, 9.17) is 16.3 Å². The minimum absolute atomic E-state index is 0.0251. The van der Waals surface area contributed by atoms with Crippen LogP contribution in [0.1, 0.15) is 23.4 Å². The molecule has 2 aromatic carbocycles. The van der Waals surface area contributed by atoms with Crippen LogP contribution < -0.4 is 0 Å². The molecule has 2 aliphatic rings. The Hall–Kier alpha value is -3.19. The molecule has 164 valence electrons. The zero-order chi connectivity index (χ0) is 22.5. The Kier molecular flexibility index (Phi) is 4.82. The largest absolute Gasteiger partial charge is 0.506 e. The van der Waals surface area contributed by atoms with Crippen LogP contribution in [0.5, 0.6) is 5.75 Å². The first-order valence-corrected chi connectivity index (χ1v) is 10.4. The lowest BCUT2D eigenvalue weighted by molar-refractivity contribution is -0.141. The number of rotatable bonds is 5. The fraction of sp³-hybridized carbons (Fsp3) is 0.208. The van der Waals surface area contributed by atoms with Gasteiger partial charge in [0, 0.05) is 5.41 Å². The van der Waals surface area contributed by atoms with Crippen LogP contribution in [0.3, 0.4) is 0 Å². The van der Waals surface area contributed by atoms with Gasteiger partial charge in [-0.3, -0.25) is 0 Å². The predicted octanol–water partition coefficient (Wildman–Crippen LogP) is 6.18. The molecule has 32 heavy (non-hydrogen) atoms. The van der Waals surface area contributed by atoms with E-state index in [2.05, 4.69) is 23.3 Å². The fourth-order valence-corrected chi connectivity index (χ4v) is 4.44. The van der Waals surface area contributed by atoms with Gasteiger partial charge in [-0.05, 0) is 48.3 Å². The lowest BCUT2D eigenvalue weighted by Gasteiger charge is -2.18. The number of alkyl halides is 3. The standard InChI is InChI=1S/C24H18ClF3N2O2/c25-19-7-4-8-20(31)22(19)30-17(12-21(29-30)24(26,27)28)14-32-18-9-10-23(13-16(23)11-18)15-5-2-1-3-6-15/h1-12,16,31H,13-14H2. The van der Waals surface area contributed by atoms with Crippen LogP contribution in [0.2, 0.25) is 5.02 Å². The number of hydrogen-bond acceptors (Lipinski definition) is 3. The summed E-state index contributed by atoms with van der Waals surface area (Å²) in [5, 5.41) is 13.9. The van der Waals surface area contributed by atoms with Crippen LogP contribution in [0.15, 0.2) is 78.6 Å². The van der Waals surface area contributed by atoms with E-state index in [0.29, 0.717) is 5.76 Å². The number of hydrogen-bond donors (Lipinski definition) is 1. The second-order valence-corrected chi connectivity index (χ2v) is 8.35. The number of aromatic hydroxyl groups is 1. The van der Waals surface area contributed by atoms with Crippen molar-refractivity contribution in [3.63, 3.8) is 0 Å². The number of aromatic nitrogens is 2. The van der Waals surface area contributed by atoms with Gasteiger partial charge >= 0.3 is 6.18 Å². The van der Waals surface area contributed by atoms with Crippen molar-refractivity contribution in [1.29, 1.82) is 0 Å². The summed E-state index contributed by atoms with van der Waals surface area (Å²) in [6, 6.07) is 15.4. The summed E-state index contributed by atoms with van der Waals surface area (Å²) in [4.78, 5) is 0. The minimum atomic E-state index is -4.65. The second-order valence-electron chi connectivity index (χ2n) is 7.95. The van der Waals surface area contributed by atoms with Crippen molar-refractivity contribution in [1.82, 2.24) is 9.78 Å². The summed E-state index contributed by atoms with van der Waals surface area (Å²) in [6.45, 7) is -0.172. The lowest BCUT2D eigenvalue weighted by Crippen LogP contribution is -2.10. The molecule has 2 aliphatic carbocycles. The van der Waals surface area contributed by atoms with Crippen molar-refractivity contribution in [2.45, 2.75) is 24.6 Å². The third-order valence-corrected chi connectivity index (χ3v) is 6.22. The number of halogens is 4. The first-order valence-electron chi connectivity index (χ1n) is 10.0. The van der Waals surface area contributed by atoms with Crippen LogP contribution in [-0.2, 0) is 22.9 Å². The summed E-state index contributed by atoms with van der Waals surface area (Å²) in [5.41, 5.74) is 0.211. The minimum Gasteiger partial charge on any atom is -0.506 e. The number of nitrogens with zero attached hydrogens (tertiary/aromatic N) is 2. The number of phenols is 1. The highest BCUT2D eigenvalue weighted by atomic mass is 35.5. The molecule has 2 atom stereocenters. The number of allylic oxidation sites excluding steroid dienone is 3. The third kappa shape index (κ3) is 3.56. The van der Waals surface area contributed by atoms with E-state index in [1.165, 1.54) is 23.8 Å². The van der Waals surface area contributed by atoms with Gasteiger partial charge in [-0.2, -0.15) is 18.3 Å². The zero-order valence-electron chi connectivity index (χ0n) is 16.7. The number of para-hydroxylation sites is 1. The molecule has 0 bridgehead atoms. The predicted molar refractivity (Wildman–Crippen MR) is 113 cm³/mol. The maximum Gasteiger partial charge on any atom is 0.435 e. The monoisotopic (exact) mass is 458 g/mol. The first kappa shape index (κ1) is 20.7. The summed E-state index contributed by atoms with van der Waals surface area (Å²) >= 11 is 6.14. The highest BCUT2D eigenvalue weighted by molar-refractivity contribution is 6.32. The molecule has 1 saturated carbocycles. The molecule has 0 saturated heterocycles. The average Bonchev–Trinajstić information content (AvgIpc) is 3.35. The van der Waals surface area contributed by atoms with Gasteiger partial charge in [0.15, 0.2) is 5.69 Å². The molecule has 0 radical (unpaired) electrons. The van der Waals surface area contributed by atoms with Crippen LogP contribution in [-0.4, -0.2) is 14.9 Å². The smallest absolute Gasteiger partial charge is 0.435 e. The van der Waals surface area contributed by atoms with E-state index < -0.39 is 11.9 Å². The van der Waals surface area contributed by atoms with Gasteiger partial charge in [0.25, 0.3) is 0 Å². The van der Waals surface area contributed by atoms with Crippen LogP contribution >= 0.6 is 11.6 Å². The molecule has 1 fully saturated rings. The number of benzene rings is 2. The topological polar surface area (TPSA) is 47.3 Å². The van der Waals surface area contributed by atoms with Crippen molar-refractivity contribution >= 4 is 11.6 Å². The molecule has 8 heteroatoms. The molecule has 1 aromatic heterocycles. The zero-order valence-corrected chi connectivity index (χ0v) is 17.4. The number of ether oxygens (including phenoxy) is 1. The van der Waals surface area contributed by atoms with Gasteiger partial charge in [0.2, 0.25) is 0 Å². The number of phenolic OH excluding ortho intramolecular Hbond substituents is 1. The first-order chi connectivity index (χ1) is 15.3. The Morgan fingerprint density at radius 1 is 1.16 bits per heavy atom. The SMILES string of the molecule is Oc1cccc(Cl)c1-n1nc(C(F)(F)F)cc1COC1=CC2CC2(c2ccccc2)C=C1. The van der Waals surface area contributed by atoms with Crippen molar-refractivity contribution in [2.24, 2.45) is 5.92 Å². The molecular formula is C24H18ClF3N2O2. The molecule has 2 unspecified atom stereocenters.